The standard InChI is InChI=1S/C24H25ClN6O3.ClH/c1-33-18-5-2-16(3-6-18)21-15-29-23-22(27-9-11-31(21)23)30-17-4-7-19(20(25)14-17)24(32)28-10-13-34-12-8-26;/h2-7,9,11,14-15H,8,10,12-13,26H2,1H3,(H,27,30)(H,28,32);1H. The Morgan fingerprint density at radius 3 is 2.66 bits per heavy atom. The van der Waals surface area contributed by atoms with Gasteiger partial charge in [0.2, 0.25) is 0 Å². The van der Waals surface area contributed by atoms with Crippen LogP contribution in [0.4, 0.5) is 11.5 Å². The molecule has 4 rings (SSSR count). The van der Waals surface area contributed by atoms with Gasteiger partial charge < -0.3 is 25.8 Å². The number of amides is 1. The van der Waals surface area contributed by atoms with E-state index in [1.54, 1.807) is 37.7 Å². The first kappa shape index (κ1) is 26.2. The van der Waals surface area contributed by atoms with Crippen LogP contribution in [0.15, 0.2) is 61.1 Å². The van der Waals surface area contributed by atoms with Gasteiger partial charge in [-0.25, -0.2) is 9.97 Å². The highest BCUT2D eigenvalue weighted by Gasteiger charge is 2.13. The maximum absolute atomic E-state index is 12.4. The molecule has 0 aliphatic carbocycles. The van der Waals surface area contributed by atoms with Crippen molar-refractivity contribution in [3.63, 3.8) is 0 Å². The second kappa shape index (κ2) is 12.4. The van der Waals surface area contributed by atoms with E-state index in [4.69, 9.17) is 26.8 Å². The molecule has 2 aromatic carbocycles. The Morgan fingerprint density at radius 1 is 1.14 bits per heavy atom. The van der Waals surface area contributed by atoms with Gasteiger partial charge in [0.05, 0.1) is 42.8 Å². The van der Waals surface area contributed by atoms with Crippen molar-refractivity contribution in [3.05, 3.63) is 71.6 Å². The number of halogens is 2. The van der Waals surface area contributed by atoms with Gasteiger partial charge in [-0.1, -0.05) is 11.6 Å². The third-order valence-electron chi connectivity index (χ3n) is 5.08. The van der Waals surface area contributed by atoms with E-state index in [2.05, 4.69) is 20.6 Å². The number of benzene rings is 2. The first-order valence-electron chi connectivity index (χ1n) is 10.7. The van der Waals surface area contributed by atoms with Crippen LogP contribution in [-0.2, 0) is 4.74 Å². The molecule has 0 unspecified atom stereocenters. The number of imidazole rings is 1. The Kier molecular flexibility index (Phi) is 9.27. The van der Waals surface area contributed by atoms with E-state index in [9.17, 15) is 4.79 Å². The molecule has 2 aromatic heterocycles. The molecule has 9 nitrogen and oxygen atoms in total. The number of aromatic nitrogens is 3. The summed E-state index contributed by atoms with van der Waals surface area (Å²) in [5.41, 5.74) is 9.00. The Labute approximate surface area is 214 Å². The van der Waals surface area contributed by atoms with Gasteiger partial charge in [0.25, 0.3) is 5.91 Å². The number of rotatable bonds is 10. The molecule has 4 aromatic rings. The van der Waals surface area contributed by atoms with Crippen LogP contribution < -0.4 is 21.1 Å². The van der Waals surface area contributed by atoms with Crippen molar-refractivity contribution in [3.8, 4) is 17.0 Å². The monoisotopic (exact) mass is 516 g/mol. The van der Waals surface area contributed by atoms with Crippen LogP contribution in [0.3, 0.4) is 0 Å². The predicted octanol–water partition coefficient (Wildman–Crippen LogP) is 3.93. The zero-order valence-electron chi connectivity index (χ0n) is 19.0. The molecule has 0 radical (unpaired) electrons. The number of carbonyl (C=O) groups is 1. The average molecular weight is 517 g/mol. The fourth-order valence-corrected chi connectivity index (χ4v) is 3.68. The molecule has 0 aliphatic heterocycles. The van der Waals surface area contributed by atoms with Gasteiger partial charge in [-0.05, 0) is 42.5 Å². The summed E-state index contributed by atoms with van der Waals surface area (Å²) in [6.07, 6.45) is 5.34. The van der Waals surface area contributed by atoms with Crippen molar-refractivity contribution >= 4 is 47.1 Å². The number of ether oxygens (including phenoxy) is 2. The summed E-state index contributed by atoms with van der Waals surface area (Å²) in [7, 11) is 1.64. The Morgan fingerprint density at radius 2 is 1.94 bits per heavy atom. The maximum atomic E-state index is 12.4. The second-order valence-electron chi connectivity index (χ2n) is 7.32. The minimum atomic E-state index is -0.273. The van der Waals surface area contributed by atoms with Crippen molar-refractivity contribution < 1.29 is 14.3 Å². The Balaban J connectivity index is 0.00000342. The zero-order chi connectivity index (χ0) is 23.9. The lowest BCUT2D eigenvalue weighted by molar-refractivity contribution is 0.0920. The Hall–Kier alpha value is -3.37. The van der Waals surface area contributed by atoms with Crippen LogP contribution in [0.2, 0.25) is 5.02 Å². The fraction of sp³-hybridized carbons (Fsp3) is 0.208. The highest BCUT2D eigenvalue weighted by atomic mass is 35.5. The van der Waals surface area contributed by atoms with Crippen LogP contribution in [0.5, 0.6) is 5.75 Å². The molecule has 0 saturated carbocycles. The van der Waals surface area contributed by atoms with Gasteiger partial charge in [-0.15, -0.1) is 12.4 Å². The predicted molar refractivity (Wildman–Crippen MR) is 139 cm³/mol. The molecular weight excluding hydrogens is 491 g/mol. The van der Waals surface area contributed by atoms with Crippen LogP contribution in [0.25, 0.3) is 16.9 Å². The first-order chi connectivity index (χ1) is 16.6. The number of hydrogen-bond donors (Lipinski definition) is 3. The molecule has 184 valence electrons. The first-order valence-corrected chi connectivity index (χ1v) is 11.1. The lowest BCUT2D eigenvalue weighted by Crippen LogP contribution is -2.28. The highest BCUT2D eigenvalue weighted by molar-refractivity contribution is 6.34. The lowest BCUT2D eigenvalue weighted by Gasteiger charge is -2.11. The topological polar surface area (TPSA) is 116 Å². The lowest BCUT2D eigenvalue weighted by atomic mass is 10.1. The number of nitrogens with zero attached hydrogens (tertiary/aromatic N) is 3. The molecule has 0 fully saturated rings. The van der Waals surface area contributed by atoms with E-state index in [0.717, 1.165) is 17.0 Å². The third-order valence-corrected chi connectivity index (χ3v) is 5.40. The maximum Gasteiger partial charge on any atom is 0.252 e. The molecule has 0 spiro atoms. The molecule has 2 heterocycles. The van der Waals surface area contributed by atoms with Gasteiger partial charge in [0.15, 0.2) is 11.5 Å². The van der Waals surface area contributed by atoms with Gasteiger partial charge in [-0.3, -0.25) is 9.20 Å². The van der Waals surface area contributed by atoms with Gasteiger partial charge >= 0.3 is 0 Å². The largest absolute Gasteiger partial charge is 0.497 e. The van der Waals surface area contributed by atoms with E-state index in [0.29, 0.717) is 54.0 Å². The minimum absolute atomic E-state index is 0. The molecule has 1 amide bonds. The summed E-state index contributed by atoms with van der Waals surface area (Å²) in [5.74, 6) is 1.08. The number of carbonyl (C=O) groups excluding carboxylic acids is 1. The average Bonchev–Trinajstić information content (AvgIpc) is 3.29. The second-order valence-corrected chi connectivity index (χ2v) is 7.73. The molecule has 0 aliphatic rings. The normalized spacial score (nSPS) is 10.6. The number of anilines is 2. The van der Waals surface area contributed by atoms with Crippen LogP contribution in [-0.4, -0.2) is 53.7 Å². The molecule has 0 bridgehead atoms. The summed E-state index contributed by atoms with van der Waals surface area (Å²) >= 11 is 6.38. The summed E-state index contributed by atoms with van der Waals surface area (Å²) in [6.45, 7) is 1.66. The number of methoxy groups -OCH3 is 1. The molecular formula is C24H26Cl2N6O3. The van der Waals surface area contributed by atoms with Gasteiger partial charge in [0.1, 0.15) is 5.75 Å². The van der Waals surface area contributed by atoms with E-state index >= 15 is 0 Å². The van der Waals surface area contributed by atoms with Crippen molar-refractivity contribution in [2.24, 2.45) is 5.73 Å². The van der Waals surface area contributed by atoms with Crippen LogP contribution in [0.1, 0.15) is 10.4 Å². The quantitative estimate of drug-likeness (QED) is 0.273. The van der Waals surface area contributed by atoms with Crippen molar-refractivity contribution in [2.75, 3.05) is 38.7 Å². The zero-order valence-corrected chi connectivity index (χ0v) is 20.6. The van der Waals surface area contributed by atoms with Crippen LogP contribution in [0, 0.1) is 0 Å². The van der Waals surface area contributed by atoms with Crippen LogP contribution >= 0.6 is 24.0 Å². The molecule has 35 heavy (non-hydrogen) atoms. The summed E-state index contributed by atoms with van der Waals surface area (Å²) in [5, 5.41) is 6.33. The number of fused-ring (bicyclic) bond motifs is 1. The highest BCUT2D eigenvalue weighted by Crippen LogP contribution is 2.28. The van der Waals surface area contributed by atoms with Gasteiger partial charge in [0, 0.05) is 36.7 Å². The van der Waals surface area contributed by atoms with Crippen molar-refractivity contribution in [1.82, 2.24) is 19.7 Å². The van der Waals surface area contributed by atoms with Crippen molar-refractivity contribution in [2.45, 2.75) is 0 Å². The number of nitrogens with two attached hydrogens (primary N) is 1. The Bertz CT molecular complexity index is 1280. The summed E-state index contributed by atoms with van der Waals surface area (Å²) in [6, 6.07) is 12.9. The number of nitrogens with one attached hydrogen (secondary N) is 2. The number of hydrogen-bond acceptors (Lipinski definition) is 7. The molecule has 11 heteroatoms. The van der Waals surface area contributed by atoms with E-state index in [1.165, 1.54) is 0 Å². The van der Waals surface area contributed by atoms with E-state index in [-0.39, 0.29) is 18.3 Å². The fourth-order valence-electron chi connectivity index (χ4n) is 3.41. The summed E-state index contributed by atoms with van der Waals surface area (Å²) < 4.78 is 12.4. The minimum Gasteiger partial charge on any atom is -0.497 e. The molecule has 4 N–H and O–H groups in total. The summed E-state index contributed by atoms with van der Waals surface area (Å²) in [4.78, 5) is 21.4. The van der Waals surface area contributed by atoms with Crippen molar-refractivity contribution in [1.29, 1.82) is 0 Å². The van der Waals surface area contributed by atoms with E-state index in [1.807, 2.05) is 34.9 Å². The molecule has 0 atom stereocenters. The SMILES string of the molecule is COc1ccc(-c2cnc3c(Nc4ccc(C(=O)NCCOCCN)c(Cl)c4)nccn23)cc1.Cl. The third kappa shape index (κ3) is 6.20. The van der Waals surface area contributed by atoms with E-state index < -0.39 is 0 Å². The smallest absolute Gasteiger partial charge is 0.252 e. The van der Waals surface area contributed by atoms with Gasteiger partial charge in [-0.2, -0.15) is 0 Å². The molecule has 0 saturated heterocycles.